The van der Waals surface area contributed by atoms with E-state index in [1.807, 2.05) is 30.3 Å². The number of carbonyl (C=O) groups is 1. The predicted molar refractivity (Wildman–Crippen MR) is 108 cm³/mol. The second-order valence-electron chi connectivity index (χ2n) is 6.83. The number of anilines is 1. The molecule has 2 aromatic rings. The largest absolute Gasteiger partial charge is 0.497 e. The number of carbonyl (C=O) groups excluding carboxylic acids is 1. The van der Waals surface area contributed by atoms with Crippen molar-refractivity contribution in [1.82, 2.24) is 5.43 Å². The van der Waals surface area contributed by atoms with Crippen LogP contribution in [-0.2, 0) is 0 Å². The van der Waals surface area contributed by atoms with Gasteiger partial charge in [0.1, 0.15) is 10.6 Å². The van der Waals surface area contributed by atoms with Gasteiger partial charge in [-0.3, -0.25) is 4.79 Å². The van der Waals surface area contributed by atoms with Crippen molar-refractivity contribution in [2.75, 3.05) is 12.8 Å². The zero-order valence-corrected chi connectivity index (χ0v) is 16.2. The highest BCUT2D eigenvalue weighted by Crippen LogP contribution is 2.34. The number of ether oxygens (including phenoxy) is 1. The summed E-state index contributed by atoms with van der Waals surface area (Å²) >= 11 is 1.38. The van der Waals surface area contributed by atoms with Crippen LogP contribution in [-0.4, -0.2) is 18.7 Å². The van der Waals surface area contributed by atoms with Gasteiger partial charge < -0.3 is 10.5 Å². The number of hydrogen-bond donors (Lipinski definition) is 2. The molecule has 1 saturated carbocycles. The molecule has 1 amide bonds. The minimum absolute atomic E-state index is 0.246. The first kappa shape index (κ1) is 18.5. The second kappa shape index (κ2) is 7.91. The van der Waals surface area contributed by atoms with Gasteiger partial charge in [-0.05, 0) is 60.6 Å². The number of nitrogens with two attached hydrogens (primary N) is 1. The molecule has 1 fully saturated rings. The normalized spacial score (nSPS) is 19.9. The first-order chi connectivity index (χ1) is 12.5. The standard InChI is InChI=1S/C20H25N3O2S/c1-12-5-4-6-13(2)18(12)22-23-20(24)19-16(21)11-17(26-19)14-7-9-15(25-3)10-8-14/h7-13H,4-6,21H2,1-3H3,(H,23,24)/t12-,13-/m1/s1. The van der Waals surface area contributed by atoms with Crippen LogP contribution < -0.4 is 15.9 Å². The van der Waals surface area contributed by atoms with E-state index in [-0.39, 0.29) is 5.91 Å². The first-order valence-corrected chi connectivity index (χ1v) is 9.72. The highest BCUT2D eigenvalue weighted by atomic mass is 32.1. The van der Waals surface area contributed by atoms with E-state index in [2.05, 4.69) is 24.4 Å². The van der Waals surface area contributed by atoms with Crippen LogP contribution in [0, 0.1) is 11.8 Å². The molecule has 3 rings (SSSR count). The third kappa shape index (κ3) is 3.90. The van der Waals surface area contributed by atoms with Gasteiger partial charge in [-0.15, -0.1) is 11.3 Å². The van der Waals surface area contributed by atoms with Gasteiger partial charge in [0.25, 0.3) is 5.91 Å². The van der Waals surface area contributed by atoms with Gasteiger partial charge in [0.15, 0.2) is 0 Å². The minimum Gasteiger partial charge on any atom is -0.497 e. The van der Waals surface area contributed by atoms with E-state index in [1.165, 1.54) is 17.8 Å². The Labute approximate surface area is 158 Å². The molecule has 0 aliphatic heterocycles. The third-order valence-corrected chi connectivity index (χ3v) is 6.11. The molecule has 5 nitrogen and oxygen atoms in total. The molecule has 138 valence electrons. The molecule has 1 aliphatic carbocycles. The molecule has 1 aromatic carbocycles. The maximum absolute atomic E-state index is 12.6. The van der Waals surface area contributed by atoms with E-state index in [9.17, 15) is 4.79 Å². The quantitative estimate of drug-likeness (QED) is 0.774. The summed E-state index contributed by atoms with van der Waals surface area (Å²) < 4.78 is 5.18. The summed E-state index contributed by atoms with van der Waals surface area (Å²) in [6.07, 6.45) is 3.47. The minimum atomic E-state index is -0.246. The van der Waals surface area contributed by atoms with Crippen LogP contribution in [0.1, 0.15) is 42.8 Å². The molecule has 0 unspecified atom stereocenters. The van der Waals surface area contributed by atoms with Gasteiger partial charge in [0.05, 0.1) is 12.8 Å². The lowest BCUT2D eigenvalue weighted by Crippen LogP contribution is -2.29. The number of nitrogen functional groups attached to an aromatic ring is 1. The summed E-state index contributed by atoms with van der Waals surface area (Å²) in [5.41, 5.74) is 11.3. The highest BCUT2D eigenvalue weighted by Gasteiger charge is 2.23. The average Bonchev–Trinajstić information content (AvgIpc) is 3.03. The molecule has 0 saturated heterocycles. The summed E-state index contributed by atoms with van der Waals surface area (Å²) in [7, 11) is 1.64. The SMILES string of the molecule is COc1ccc(-c2cc(N)c(C(=O)NN=C3[C@H](C)CCC[C@H]3C)s2)cc1. The van der Waals surface area contributed by atoms with Crippen molar-refractivity contribution >= 4 is 28.6 Å². The Morgan fingerprint density at radius 2 is 1.88 bits per heavy atom. The Bertz CT molecular complexity index is 799. The maximum Gasteiger partial charge on any atom is 0.283 e. The smallest absolute Gasteiger partial charge is 0.283 e. The number of methoxy groups -OCH3 is 1. The van der Waals surface area contributed by atoms with Gasteiger partial charge in [-0.2, -0.15) is 5.10 Å². The molecule has 1 heterocycles. The molecule has 0 spiro atoms. The summed E-state index contributed by atoms with van der Waals surface area (Å²) in [5, 5.41) is 4.42. The van der Waals surface area contributed by atoms with Gasteiger partial charge in [-0.25, -0.2) is 5.43 Å². The number of amides is 1. The van der Waals surface area contributed by atoms with Crippen LogP contribution in [0.15, 0.2) is 35.4 Å². The monoisotopic (exact) mass is 371 g/mol. The average molecular weight is 372 g/mol. The fourth-order valence-electron chi connectivity index (χ4n) is 3.38. The topological polar surface area (TPSA) is 76.7 Å². The van der Waals surface area contributed by atoms with Crippen molar-refractivity contribution in [3.8, 4) is 16.2 Å². The van der Waals surface area contributed by atoms with E-state index in [4.69, 9.17) is 10.5 Å². The molecular weight excluding hydrogens is 346 g/mol. The Hall–Kier alpha value is -2.34. The van der Waals surface area contributed by atoms with Gasteiger partial charge >= 0.3 is 0 Å². The van der Waals surface area contributed by atoms with Crippen molar-refractivity contribution in [2.45, 2.75) is 33.1 Å². The molecule has 1 aliphatic rings. The fourth-order valence-corrected chi connectivity index (χ4v) is 4.35. The van der Waals surface area contributed by atoms with Crippen molar-refractivity contribution in [1.29, 1.82) is 0 Å². The zero-order chi connectivity index (χ0) is 18.7. The second-order valence-corrected chi connectivity index (χ2v) is 7.89. The number of nitrogens with one attached hydrogen (secondary N) is 1. The summed E-state index contributed by atoms with van der Waals surface area (Å²) in [4.78, 5) is 14.0. The Morgan fingerprint density at radius 3 is 2.50 bits per heavy atom. The number of nitrogens with zero attached hydrogens (tertiary/aromatic N) is 1. The summed E-state index contributed by atoms with van der Waals surface area (Å²) in [6, 6.07) is 9.53. The van der Waals surface area contributed by atoms with E-state index in [1.54, 1.807) is 7.11 Å². The van der Waals surface area contributed by atoms with E-state index < -0.39 is 0 Å². The number of rotatable bonds is 4. The van der Waals surface area contributed by atoms with Crippen LogP contribution in [0.5, 0.6) is 5.75 Å². The maximum atomic E-state index is 12.6. The molecule has 0 bridgehead atoms. The number of thiophene rings is 1. The van der Waals surface area contributed by atoms with Gasteiger partial charge in [-0.1, -0.05) is 20.3 Å². The van der Waals surface area contributed by atoms with Crippen LogP contribution in [0.3, 0.4) is 0 Å². The Morgan fingerprint density at radius 1 is 1.23 bits per heavy atom. The van der Waals surface area contributed by atoms with Crippen molar-refractivity contribution in [2.24, 2.45) is 16.9 Å². The van der Waals surface area contributed by atoms with Crippen molar-refractivity contribution < 1.29 is 9.53 Å². The highest BCUT2D eigenvalue weighted by molar-refractivity contribution is 7.18. The van der Waals surface area contributed by atoms with Gasteiger partial charge in [0.2, 0.25) is 0 Å². The summed E-state index contributed by atoms with van der Waals surface area (Å²) in [6.45, 7) is 4.34. The first-order valence-electron chi connectivity index (χ1n) is 8.91. The van der Waals surface area contributed by atoms with Crippen LogP contribution in [0.25, 0.3) is 10.4 Å². The van der Waals surface area contributed by atoms with Crippen molar-refractivity contribution in [3.05, 3.63) is 35.2 Å². The van der Waals surface area contributed by atoms with Crippen LogP contribution in [0.2, 0.25) is 0 Å². The number of hydrogen-bond acceptors (Lipinski definition) is 5. The molecule has 26 heavy (non-hydrogen) atoms. The number of benzene rings is 1. The van der Waals surface area contributed by atoms with Crippen LogP contribution >= 0.6 is 11.3 Å². The Kier molecular flexibility index (Phi) is 5.61. The third-order valence-electron chi connectivity index (χ3n) is 4.91. The van der Waals surface area contributed by atoms with Gasteiger partial charge in [0, 0.05) is 10.6 Å². The lowest BCUT2D eigenvalue weighted by molar-refractivity contribution is 0.0959. The lowest BCUT2D eigenvalue weighted by Gasteiger charge is -2.26. The molecule has 2 atom stereocenters. The van der Waals surface area contributed by atoms with Crippen molar-refractivity contribution in [3.63, 3.8) is 0 Å². The van der Waals surface area contributed by atoms with E-state index >= 15 is 0 Å². The molecule has 1 aromatic heterocycles. The summed E-state index contributed by atoms with van der Waals surface area (Å²) in [5.74, 6) is 1.37. The lowest BCUT2D eigenvalue weighted by atomic mass is 9.81. The van der Waals surface area contributed by atoms with E-state index in [0.717, 1.165) is 34.7 Å². The number of hydrazone groups is 1. The zero-order valence-electron chi connectivity index (χ0n) is 15.4. The molecule has 0 radical (unpaired) electrons. The fraction of sp³-hybridized carbons (Fsp3) is 0.400. The van der Waals surface area contributed by atoms with Crippen LogP contribution in [0.4, 0.5) is 5.69 Å². The Balaban J connectivity index is 1.76. The molecule has 3 N–H and O–H groups in total. The molecular formula is C20H25N3O2S. The van der Waals surface area contributed by atoms with E-state index in [0.29, 0.717) is 22.4 Å². The molecule has 6 heteroatoms. The predicted octanol–water partition coefficient (Wildman–Crippen LogP) is 4.55.